The zero-order chi connectivity index (χ0) is 14.7. The molecule has 0 saturated heterocycles. The van der Waals surface area contributed by atoms with Crippen molar-refractivity contribution < 1.29 is 23.8 Å². The number of rotatable bonds is 4. The molecule has 0 aliphatic heterocycles. The van der Waals surface area contributed by atoms with Crippen molar-refractivity contribution in [2.75, 3.05) is 12.4 Å². The fourth-order valence-electron chi connectivity index (χ4n) is 1.97. The van der Waals surface area contributed by atoms with Crippen molar-refractivity contribution in [2.45, 2.75) is 25.0 Å². The van der Waals surface area contributed by atoms with Gasteiger partial charge in [-0.25, -0.2) is 14.0 Å². The molecule has 2 amide bonds. The largest absolute Gasteiger partial charge is 0.478 e. The Bertz CT molecular complexity index is 529. The number of methoxy groups -OCH3 is 1. The number of benzene rings is 1. The number of carbonyl (C=O) groups is 2. The molecule has 0 radical (unpaired) electrons. The highest BCUT2D eigenvalue weighted by Gasteiger charge is 2.30. The first-order valence-electron chi connectivity index (χ1n) is 6.12. The molecule has 1 aliphatic carbocycles. The molecule has 3 N–H and O–H groups in total. The van der Waals surface area contributed by atoms with Crippen molar-refractivity contribution in [1.29, 1.82) is 0 Å². The standard InChI is InChI=1S/C13H15FN2O4/c1-20-9-5-8(6-9)15-13(19)16-11-4-7(12(17)18)2-3-10(11)14/h2-4,8-9H,5-6H2,1H3,(H,17,18)(H2,15,16,19). The van der Waals surface area contributed by atoms with E-state index in [1.54, 1.807) is 7.11 Å². The van der Waals surface area contributed by atoms with E-state index < -0.39 is 17.8 Å². The molecule has 0 heterocycles. The van der Waals surface area contributed by atoms with E-state index in [0.29, 0.717) is 12.8 Å². The fourth-order valence-corrected chi connectivity index (χ4v) is 1.97. The lowest BCUT2D eigenvalue weighted by molar-refractivity contribution is 0.0210. The summed E-state index contributed by atoms with van der Waals surface area (Å²) in [6, 6.07) is 2.64. The molecule has 6 nitrogen and oxygen atoms in total. The van der Waals surface area contributed by atoms with Crippen LogP contribution in [-0.2, 0) is 4.74 Å². The van der Waals surface area contributed by atoms with Crippen LogP contribution in [0.15, 0.2) is 18.2 Å². The Kier molecular flexibility index (Phi) is 4.19. The van der Waals surface area contributed by atoms with Crippen molar-refractivity contribution in [1.82, 2.24) is 5.32 Å². The molecule has 0 bridgehead atoms. The molecule has 1 aromatic carbocycles. The molecule has 7 heteroatoms. The van der Waals surface area contributed by atoms with Crippen LogP contribution in [0, 0.1) is 5.82 Å². The number of amides is 2. The molecule has 0 atom stereocenters. The van der Waals surface area contributed by atoms with Gasteiger partial charge in [-0.2, -0.15) is 0 Å². The lowest BCUT2D eigenvalue weighted by Gasteiger charge is -2.34. The van der Waals surface area contributed by atoms with Crippen molar-refractivity contribution in [2.24, 2.45) is 0 Å². The quantitative estimate of drug-likeness (QED) is 0.786. The van der Waals surface area contributed by atoms with Gasteiger partial charge in [0.1, 0.15) is 5.82 Å². The molecule has 0 unspecified atom stereocenters. The van der Waals surface area contributed by atoms with E-state index in [0.717, 1.165) is 18.2 Å². The predicted molar refractivity (Wildman–Crippen MR) is 69.3 cm³/mol. The number of hydrogen-bond acceptors (Lipinski definition) is 3. The number of urea groups is 1. The average molecular weight is 282 g/mol. The number of carboxylic acids is 1. The van der Waals surface area contributed by atoms with Crippen LogP contribution in [0.5, 0.6) is 0 Å². The molecule has 1 aromatic rings. The number of aromatic carboxylic acids is 1. The van der Waals surface area contributed by atoms with E-state index in [-0.39, 0.29) is 23.4 Å². The smallest absolute Gasteiger partial charge is 0.335 e. The highest BCUT2D eigenvalue weighted by Crippen LogP contribution is 2.23. The Morgan fingerprint density at radius 2 is 2.10 bits per heavy atom. The first kappa shape index (κ1) is 14.3. The second-order valence-electron chi connectivity index (χ2n) is 4.62. The third kappa shape index (κ3) is 3.24. The summed E-state index contributed by atoms with van der Waals surface area (Å²) in [6.07, 6.45) is 1.57. The van der Waals surface area contributed by atoms with E-state index in [1.807, 2.05) is 0 Å². The van der Waals surface area contributed by atoms with Crippen LogP contribution in [-0.4, -0.2) is 36.4 Å². The van der Waals surface area contributed by atoms with Crippen LogP contribution >= 0.6 is 0 Å². The minimum Gasteiger partial charge on any atom is -0.478 e. The van der Waals surface area contributed by atoms with Crippen molar-refractivity contribution in [3.8, 4) is 0 Å². The van der Waals surface area contributed by atoms with Crippen LogP contribution in [0.1, 0.15) is 23.2 Å². The highest BCUT2D eigenvalue weighted by atomic mass is 19.1. The Morgan fingerprint density at radius 1 is 1.40 bits per heavy atom. The number of carbonyl (C=O) groups excluding carboxylic acids is 1. The first-order valence-corrected chi connectivity index (χ1v) is 6.12. The number of ether oxygens (including phenoxy) is 1. The van der Waals surface area contributed by atoms with E-state index in [9.17, 15) is 14.0 Å². The molecule has 1 aliphatic rings. The lowest BCUT2D eigenvalue weighted by Crippen LogP contribution is -2.48. The summed E-state index contributed by atoms with van der Waals surface area (Å²) in [5, 5.41) is 13.8. The van der Waals surface area contributed by atoms with E-state index >= 15 is 0 Å². The predicted octanol–water partition coefficient (Wildman–Crippen LogP) is 1.82. The van der Waals surface area contributed by atoms with Gasteiger partial charge in [-0.3, -0.25) is 0 Å². The van der Waals surface area contributed by atoms with Crippen LogP contribution in [0.2, 0.25) is 0 Å². The molecule has 0 spiro atoms. The Balaban J connectivity index is 1.94. The number of anilines is 1. The summed E-state index contributed by atoms with van der Waals surface area (Å²) >= 11 is 0. The van der Waals surface area contributed by atoms with Crippen LogP contribution in [0.25, 0.3) is 0 Å². The molecule has 1 fully saturated rings. The van der Waals surface area contributed by atoms with Gasteiger partial charge >= 0.3 is 12.0 Å². The van der Waals surface area contributed by atoms with Gasteiger partial charge < -0.3 is 20.5 Å². The summed E-state index contributed by atoms with van der Waals surface area (Å²) in [7, 11) is 1.60. The average Bonchev–Trinajstić information content (AvgIpc) is 2.35. The molecule has 20 heavy (non-hydrogen) atoms. The van der Waals surface area contributed by atoms with Gasteiger partial charge in [-0.1, -0.05) is 0 Å². The topological polar surface area (TPSA) is 87.7 Å². The highest BCUT2D eigenvalue weighted by molar-refractivity contribution is 5.93. The summed E-state index contributed by atoms with van der Waals surface area (Å²) in [6.45, 7) is 0. The Labute approximate surface area is 114 Å². The van der Waals surface area contributed by atoms with Gasteiger partial charge in [-0.15, -0.1) is 0 Å². The van der Waals surface area contributed by atoms with Gasteiger partial charge in [0.15, 0.2) is 0 Å². The fraction of sp³-hybridized carbons (Fsp3) is 0.385. The molecule has 0 aromatic heterocycles. The summed E-state index contributed by atoms with van der Waals surface area (Å²) in [5.41, 5.74) is -0.255. The maximum absolute atomic E-state index is 13.5. The third-order valence-corrected chi connectivity index (χ3v) is 3.22. The van der Waals surface area contributed by atoms with Crippen LogP contribution in [0.4, 0.5) is 14.9 Å². The SMILES string of the molecule is COC1CC(NC(=O)Nc2cc(C(=O)O)ccc2F)C1. The van der Waals surface area contributed by atoms with Gasteiger partial charge in [0.25, 0.3) is 0 Å². The van der Waals surface area contributed by atoms with Gasteiger partial charge in [0, 0.05) is 13.2 Å². The normalized spacial score (nSPS) is 20.9. The summed E-state index contributed by atoms with van der Waals surface area (Å²) < 4.78 is 18.6. The van der Waals surface area contributed by atoms with Gasteiger partial charge in [-0.05, 0) is 31.0 Å². The minimum absolute atomic E-state index is 0.00864. The molecular weight excluding hydrogens is 267 g/mol. The van der Waals surface area contributed by atoms with E-state index in [2.05, 4.69) is 10.6 Å². The van der Waals surface area contributed by atoms with E-state index in [4.69, 9.17) is 9.84 Å². The molecule has 2 rings (SSSR count). The summed E-state index contributed by atoms with van der Waals surface area (Å²) in [4.78, 5) is 22.5. The third-order valence-electron chi connectivity index (χ3n) is 3.22. The molecule has 1 saturated carbocycles. The first-order chi connectivity index (χ1) is 9.49. The van der Waals surface area contributed by atoms with Gasteiger partial charge in [0.05, 0.1) is 17.4 Å². The second-order valence-corrected chi connectivity index (χ2v) is 4.62. The molecular formula is C13H15FN2O4. The van der Waals surface area contributed by atoms with Crippen LogP contribution < -0.4 is 10.6 Å². The van der Waals surface area contributed by atoms with Crippen molar-refractivity contribution in [3.63, 3.8) is 0 Å². The summed E-state index contributed by atoms with van der Waals surface area (Å²) in [5.74, 6) is -1.87. The van der Waals surface area contributed by atoms with E-state index in [1.165, 1.54) is 0 Å². The number of nitrogens with one attached hydrogen (secondary N) is 2. The maximum Gasteiger partial charge on any atom is 0.335 e. The van der Waals surface area contributed by atoms with Crippen molar-refractivity contribution >= 4 is 17.7 Å². The number of hydrogen-bond donors (Lipinski definition) is 3. The van der Waals surface area contributed by atoms with Gasteiger partial charge in [0.2, 0.25) is 0 Å². The van der Waals surface area contributed by atoms with Crippen molar-refractivity contribution in [3.05, 3.63) is 29.6 Å². The lowest BCUT2D eigenvalue weighted by atomic mass is 9.89. The Morgan fingerprint density at radius 3 is 2.70 bits per heavy atom. The Hall–Kier alpha value is -2.15. The zero-order valence-electron chi connectivity index (χ0n) is 10.9. The number of carboxylic acid groups (broad SMARTS) is 1. The zero-order valence-corrected chi connectivity index (χ0v) is 10.9. The minimum atomic E-state index is -1.18. The second kappa shape index (κ2) is 5.87. The monoisotopic (exact) mass is 282 g/mol. The van der Waals surface area contributed by atoms with Crippen LogP contribution in [0.3, 0.4) is 0 Å². The molecule has 108 valence electrons. The maximum atomic E-state index is 13.5. The number of halogens is 1.